The molecular weight excluding hydrogens is 868 g/mol. The Labute approximate surface area is 330 Å². The van der Waals surface area contributed by atoms with Crippen molar-refractivity contribution in [2.75, 3.05) is 5.01 Å². The zero-order chi connectivity index (χ0) is 31.7. The Balaban J connectivity index is 0.00000353. The van der Waals surface area contributed by atoms with Crippen LogP contribution in [0.2, 0.25) is 0 Å². The van der Waals surface area contributed by atoms with Gasteiger partial charge in [-0.1, -0.05) is 30.4 Å². The summed E-state index contributed by atoms with van der Waals surface area (Å²) in [7, 11) is -9.25. The summed E-state index contributed by atoms with van der Waals surface area (Å²) in [6.45, 7) is 3.37. The Hall–Kier alpha value is -1.17. The Morgan fingerprint density at radius 3 is 1.84 bits per heavy atom. The van der Waals surface area contributed by atoms with E-state index in [2.05, 4.69) is 10.2 Å². The van der Waals surface area contributed by atoms with Gasteiger partial charge < -0.3 is 9.11 Å². The molecule has 224 valence electrons. The number of amides is 1. The third kappa shape index (κ3) is 9.47. The number of rotatable bonds is 8. The number of carbonyl (C=O) groups is 1. The predicted molar refractivity (Wildman–Crippen MR) is 175 cm³/mol. The van der Waals surface area contributed by atoms with Gasteiger partial charge in [0.1, 0.15) is 20.2 Å². The molecule has 0 atom stereocenters. The van der Waals surface area contributed by atoms with Gasteiger partial charge in [0.15, 0.2) is 0 Å². The molecule has 0 unspecified atom stereocenters. The van der Waals surface area contributed by atoms with Crippen molar-refractivity contribution in [3.05, 3.63) is 107 Å². The van der Waals surface area contributed by atoms with Crippen LogP contribution in [0.15, 0.2) is 98.1 Å². The Morgan fingerprint density at radius 2 is 1.31 bits per heavy atom. The summed E-state index contributed by atoms with van der Waals surface area (Å²) < 4.78 is 69.7. The summed E-state index contributed by atoms with van der Waals surface area (Å²) in [4.78, 5) is 25.1. The Bertz CT molecular complexity index is 2080. The van der Waals surface area contributed by atoms with Crippen LogP contribution in [0.1, 0.15) is 18.2 Å². The molecule has 3 aromatic rings. The molecule has 1 aliphatic rings. The van der Waals surface area contributed by atoms with E-state index in [1.807, 2.05) is 45.2 Å². The van der Waals surface area contributed by atoms with E-state index in [1.165, 1.54) is 28.9 Å². The van der Waals surface area contributed by atoms with E-state index in [0.29, 0.717) is 41.1 Å². The first-order chi connectivity index (χ1) is 20.1. The zero-order valence-electron chi connectivity index (χ0n) is 24.2. The topological polar surface area (TPSA) is 185 Å². The van der Waals surface area contributed by atoms with Crippen LogP contribution in [0, 0.1) is 14.1 Å². The summed E-state index contributed by atoms with van der Waals surface area (Å²) >= 11 is 3.69. The maximum Gasteiger partial charge on any atom is 1.00 e. The molecular formula is C27H20I2N4Na2O8S2. The van der Waals surface area contributed by atoms with E-state index >= 15 is 0 Å². The second kappa shape index (κ2) is 16.3. The minimum absolute atomic E-state index is 0. The van der Waals surface area contributed by atoms with Gasteiger partial charge in [-0.2, -0.15) is 10.1 Å². The van der Waals surface area contributed by atoms with Crippen LogP contribution in [0.3, 0.4) is 0 Å². The second-order valence-corrected chi connectivity index (χ2v) is 14.0. The predicted octanol–water partition coefficient (Wildman–Crippen LogP) is -2.03. The monoisotopic (exact) mass is 888 g/mol. The van der Waals surface area contributed by atoms with Gasteiger partial charge in [-0.15, -0.1) is 0 Å². The SMILES string of the molecule is CC1=NN(c2ccc(S(=O)(=O)[O-])cc2[125I])C(=O)\C1=C/C=C/C=C/C=C/c1c(C)[nH]n(-c2ccc(S(=O)(=O)[O-])cc2[125I])c1=O.[Na+].[Na+]. The normalized spacial score (nSPS) is 14.9. The second-order valence-electron chi connectivity index (χ2n) is 8.94. The number of anilines is 1. The molecule has 1 aliphatic heterocycles. The van der Waals surface area contributed by atoms with E-state index < -0.39 is 31.0 Å². The molecule has 12 nitrogen and oxygen atoms in total. The van der Waals surface area contributed by atoms with Crippen LogP contribution in [0.5, 0.6) is 0 Å². The van der Waals surface area contributed by atoms with E-state index in [1.54, 1.807) is 56.4 Å². The average molecular weight is 888 g/mol. The minimum Gasteiger partial charge on any atom is -0.744 e. The molecule has 0 spiro atoms. The fourth-order valence-corrected chi connectivity index (χ4v) is 6.85. The minimum atomic E-state index is -4.63. The number of allylic oxidation sites excluding steroid dienone is 6. The molecule has 18 heteroatoms. The Kier molecular flexibility index (Phi) is 14.5. The van der Waals surface area contributed by atoms with Crippen molar-refractivity contribution in [2.24, 2.45) is 5.10 Å². The van der Waals surface area contributed by atoms with Crippen LogP contribution in [-0.2, 0) is 25.0 Å². The van der Waals surface area contributed by atoms with Crippen molar-refractivity contribution in [3.63, 3.8) is 0 Å². The maximum absolute atomic E-state index is 13.0. The molecule has 2 heterocycles. The number of aryl methyl sites for hydroxylation is 1. The first-order valence-electron chi connectivity index (χ1n) is 12.0. The molecule has 0 bridgehead atoms. The summed E-state index contributed by atoms with van der Waals surface area (Å²) in [5.74, 6) is -0.417. The van der Waals surface area contributed by atoms with Gasteiger partial charge in [-0.25, -0.2) is 21.5 Å². The van der Waals surface area contributed by atoms with Gasteiger partial charge in [0.05, 0.1) is 38.0 Å². The zero-order valence-corrected chi connectivity index (χ0v) is 34.1. The first kappa shape index (κ1) is 40.0. The third-order valence-corrected chi connectivity index (χ3v) is 9.43. The molecule has 1 N–H and O–H groups in total. The van der Waals surface area contributed by atoms with Crippen molar-refractivity contribution in [1.82, 2.24) is 9.78 Å². The van der Waals surface area contributed by atoms with E-state index in [0.717, 1.165) is 17.1 Å². The van der Waals surface area contributed by atoms with Gasteiger partial charge in [0.2, 0.25) is 0 Å². The van der Waals surface area contributed by atoms with Crippen molar-refractivity contribution < 1.29 is 89.9 Å². The van der Waals surface area contributed by atoms with Crippen LogP contribution in [0.25, 0.3) is 11.8 Å². The standard InChI is InChI=1S/C27H22I2N4O8S2.2Na/c1-16-20(26(34)32(30-16)24-12-10-18(14-22(24)28)42(36,37)38)8-6-4-3-5-7-9-21-17(2)31-33(27(21)35)25-13-11-19(15-23(25)29)43(39,40)41;;/h3-15,30H,1-2H3,(H,36,37,38)(H,39,40,41);;/q;2*+1/p-2/b4-3+,7-5+,8-6+,21-9-;;/i28-2,29-2;;. The van der Waals surface area contributed by atoms with Crippen molar-refractivity contribution in [2.45, 2.75) is 23.6 Å². The molecule has 1 amide bonds. The van der Waals surface area contributed by atoms with Gasteiger partial charge in [0.25, 0.3) is 11.5 Å². The van der Waals surface area contributed by atoms with Crippen LogP contribution in [-0.4, -0.2) is 47.3 Å². The van der Waals surface area contributed by atoms with Crippen LogP contribution >= 0.6 is 45.2 Å². The van der Waals surface area contributed by atoms with E-state index in [-0.39, 0.29) is 69.6 Å². The molecule has 0 saturated carbocycles. The van der Waals surface area contributed by atoms with Crippen molar-refractivity contribution in [1.29, 1.82) is 0 Å². The van der Waals surface area contributed by atoms with Gasteiger partial charge in [-0.05, 0) is 108 Å². The molecule has 45 heavy (non-hydrogen) atoms. The average Bonchev–Trinajstić information content (AvgIpc) is 3.35. The molecule has 1 aromatic heterocycles. The summed E-state index contributed by atoms with van der Waals surface area (Å²) in [6.07, 6.45) is 11.5. The summed E-state index contributed by atoms with van der Waals surface area (Å²) in [5.41, 5.74) is 2.11. The quantitative estimate of drug-likeness (QED) is 0.0884. The maximum atomic E-state index is 13.0. The Morgan fingerprint density at radius 1 is 0.800 bits per heavy atom. The van der Waals surface area contributed by atoms with Gasteiger partial charge >= 0.3 is 59.1 Å². The number of hydrogen-bond donors (Lipinski definition) is 1. The molecule has 0 aliphatic carbocycles. The molecule has 0 fully saturated rings. The number of nitrogens with zero attached hydrogens (tertiary/aromatic N) is 3. The number of benzene rings is 2. The van der Waals surface area contributed by atoms with Crippen LogP contribution in [0.4, 0.5) is 5.69 Å². The number of hydrazone groups is 1. The molecule has 0 radical (unpaired) electrons. The number of aromatic nitrogens is 2. The number of nitrogens with one attached hydrogen (secondary N) is 1. The van der Waals surface area contributed by atoms with Gasteiger partial charge in [-0.3, -0.25) is 14.7 Å². The summed E-state index contributed by atoms with van der Waals surface area (Å²) in [6, 6.07) is 7.40. The smallest absolute Gasteiger partial charge is 0.744 e. The number of hydrogen-bond acceptors (Lipinski definition) is 9. The fraction of sp³-hybridized carbons (Fsp3) is 0.0741. The van der Waals surface area contributed by atoms with Gasteiger partial charge in [0, 0.05) is 12.8 Å². The van der Waals surface area contributed by atoms with Crippen LogP contribution < -0.4 is 69.7 Å². The van der Waals surface area contributed by atoms with Crippen molar-refractivity contribution >= 4 is 88.8 Å². The fourth-order valence-electron chi connectivity index (χ4n) is 3.93. The van der Waals surface area contributed by atoms with Crippen molar-refractivity contribution in [3.8, 4) is 5.69 Å². The number of H-pyrrole nitrogens is 1. The molecule has 4 rings (SSSR count). The number of aromatic amines is 1. The first-order valence-corrected chi connectivity index (χ1v) is 17.0. The summed E-state index contributed by atoms with van der Waals surface area (Å²) in [5, 5.41) is 8.34. The molecule has 0 saturated heterocycles. The van der Waals surface area contributed by atoms with E-state index in [9.17, 15) is 35.5 Å². The largest absolute Gasteiger partial charge is 1.00 e. The number of carbonyl (C=O) groups excluding carboxylic acids is 1. The number of halogens is 2. The third-order valence-electron chi connectivity index (χ3n) is 6.03. The van der Waals surface area contributed by atoms with E-state index in [4.69, 9.17) is 0 Å². The molecule has 2 aromatic carbocycles.